The van der Waals surface area contributed by atoms with Gasteiger partial charge in [0.2, 0.25) is 15.2 Å². The Balaban J connectivity index is 0.00000441. The van der Waals surface area contributed by atoms with Crippen LogP contribution < -0.4 is 0 Å². The normalized spacial score (nSPS) is 22.0. The first kappa shape index (κ1) is 25.0. The van der Waals surface area contributed by atoms with E-state index in [9.17, 15) is 0 Å². The topological polar surface area (TPSA) is 0 Å². The molecule has 0 N–H and O–H groups in total. The Morgan fingerprint density at radius 2 is 0.682 bits per heavy atom. The van der Waals surface area contributed by atoms with Crippen molar-refractivity contribution in [1.29, 1.82) is 0 Å². The van der Waals surface area contributed by atoms with Gasteiger partial charge in [-0.1, -0.05) is 98.5 Å². The Hall–Kier alpha value is 3.04. The minimum absolute atomic E-state index is 0. The zero-order valence-corrected chi connectivity index (χ0v) is 26.3. The molecule has 0 aromatic carbocycles. The van der Waals surface area contributed by atoms with Gasteiger partial charge in [-0.25, -0.2) is 0 Å². The van der Waals surface area contributed by atoms with Gasteiger partial charge in [0, 0.05) is 83.7 Å². The van der Waals surface area contributed by atoms with E-state index < -0.39 is 32.3 Å². The largest absolute Gasteiger partial charge is 0.203 e. The van der Waals surface area contributed by atoms with Crippen molar-refractivity contribution < 1.29 is 0 Å². The van der Waals surface area contributed by atoms with Gasteiger partial charge in [-0.05, 0) is 0 Å². The summed E-state index contributed by atoms with van der Waals surface area (Å²) in [5.74, 6) is 0. The summed E-state index contributed by atoms with van der Waals surface area (Å²) in [5, 5.41) is 0. The Kier molecular flexibility index (Phi) is 8.21. The first-order valence-corrected chi connectivity index (χ1v) is 23.9. The zero-order valence-electron chi connectivity index (χ0n) is 18.0. The van der Waals surface area contributed by atoms with Crippen LogP contribution in [0.25, 0.3) is 0 Å². The van der Waals surface area contributed by atoms with Crippen molar-refractivity contribution in [2.24, 2.45) is 0 Å². The quantitative estimate of drug-likeness (QED) is 0.504. The van der Waals surface area contributed by atoms with Crippen molar-refractivity contribution in [1.82, 2.24) is 0 Å². The van der Waals surface area contributed by atoms with Crippen molar-refractivity contribution in [3.05, 3.63) is 0 Å². The van der Waals surface area contributed by atoms with E-state index in [4.69, 9.17) is 0 Å². The van der Waals surface area contributed by atoms with Crippen LogP contribution in [-0.4, -0.2) is 98.9 Å². The molecule has 1 rings (SSSR count). The molecular weight excluding hydrogens is 371 g/mol. The maximum atomic E-state index is 2.70. The summed E-state index contributed by atoms with van der Waals surface area (Å²) in [7, 11) is -4.45. The van der Waals surface area contributed by atoms with E-state index in [1.807, 2.05) is 0 Å². The minimum Gasteiger partial charge on any atom is -0.0891 e. The van der Waals surface area contributed by atoms with Crippen LogP contribution in [0.15, 0.2) is 0 Å². The fourth-order valence-electron chi connectivity index (χ4n) is 5.58. The Morgan fingerprint density at radius 1 is 0.500 bits per heavy atom. The van der Waals surface area contributed by atoms with E-state index in [1.54, 1.807) is 12.8 Å². The molecule has 0 aliphatic carbocycles. The molecule has 0 spiro atoms. The smallest absolute Gasteiger partial charge is 0.0891 e. The van der Waals surface area contributed by atoms with Gasteiger partial charge in [0.1, 0.15) is 0 Å². The Labute approximate surface area is 194 Å². The molecule has 0 aromatic rings. The van der Waals surface area contributed by atoms with Crippen LogP contribution in [-0.2, 0) is 0 Å². The molecule has 0 saturated carbocycles. The van der Waals surface area contributed by atoms with Crippen molar-refractivity contribution in [3.8, 4) is 0 Å². The second-order valence-corrected chi connectivity index (χ2v) is 38.7. The molecule has 6 heteroatoms. The van der Waals surface area contributed by atoms with E-state index >= 15 is 0 Å². The fraction of sp³-hybridized carbons (Fsp3) is 1.00. The summed E-state index contributed by atoms with van der Waals surface area (Å²) in [6.45, 7) is 32.4. The second kappa shape index (κ2) is 7.22. The van der Waals surface area contributed by atoms with Crippen LogP contribution in [0.2, 0.25) is 85.6 Å². The summed E-state index contributed by atoms with van der Waals surface area (Å²) in [6, 6.07) is 0. The van der Waals surface area contributed by atoms with Gasteiger partial charge in [0.15, 0.2) is 0 Å². The maximum Gasteiger partial charge on any atom is 0.203 e. The van der Waals surface area contributed by atoms with E-state index in [0.717, 1.165) is 7.05 Å². The van der Waals surface area contributed by atoms with E-state index in [2.05, 4.69) is 78.6 Å². The van der Waals surface area contributed by atoms with Crippen LogP contribution in [0.3, 0.4) is 0 Å². The second-order valence-electron chi connectivity index (χ2n) is 11.6. The van der Waals surface area contributed by atoms with Gasteiger partial charge in [0.25, 0.3) is 0 Å². The first-order chi connectivity index (χ1) is 8.91. The summed E-state index contributed by atoms with van der Waals surface area (Å²) >= 11 is 0.636. The monoisotopic (exact) mass is 410 g/mol. The molecule has 0 nitrogen and oxygen atoms in total. The van der Waals surface area contributed by atoms with Crippen LogP contribution >= 0.6 is 0 Å². The van der Waals surface area contributed by atoms with E-state index in [0.29, 0.717) is 15.2 Å². The van der Waals surface area contributed by atoms with Gasteiger partial charge < -0.3 is 0 Å². The maximum absolute atomic E-state index is 2.70. The molecule has 124 valence electrons. The third-order valence-corrected chi connectivity index (χ3v) is 41.2. The molecule has 0 atom stereocenters. The molecule has 0 amide bonds. The van der Waals surface area contributed by atoms with Crippen LogP contribution in [0.1, 0.15) is 12.8 Å². The molecule has 22 heavy (non-hydrogen) atoms. The average Bonchev–Trinajstić information content (AvgIpc) is 2.54. The molecule has 1 heterocycles. The summed E-state index contributed by atoms with van der Waals surface area (Å²) in [5.41, 5.74) is 0. The van der Waals surface area contributed by atoms with Crippen molar-refractivity contribution in [2.75, 3.05) is 0 Å². The van der Waals surface area contributed by atoms with Gasteiger partial charge in [-0.3, -0.25) is 0 Å². The number of rotatable bonds is 4. The van der Waals surface area contributed by atoms with Crippen LogP contribution in [0, 0.1) is 0 Å². The van der Waals surface area contributed by atoms with Gasteiger partial charge in [-0.15, -0.1) is 0 Å². The van der Waals surface area contributed by atoms with Crippen molar-refractivity contribution in [3.63, 3.8) is 0 Å². The third-order valence-electron chi connectivity index (χ3n) is 6.76. The van der Waals surface area contributed by atoms with Crippen molar-refractivity contribution >= 4 is 98.9 Å². The first-order valence-electron chi connectivity index (χ1n) is 8.78. The van der Waals surface area contributed by atoms with Crippen LogP contribution in [0.4, 0.5) is 0 Å². The van der Waals surface area contributed by atoms with Gasteiger partial charge in [-0.2, -0.15) is 0 Å². The minimum atomic E-state index is -1.11. The Morgan fingerprint density at radius 3 is 0.773 bits per heavy atom. The summed E-state index contributed by atoms with van der Waals surface area (Å²) < 4.78 is 1.70. The summed E-state index contributed by atoms with van der Waals surface area (Å²) in [4.78, 5) is 0. The van der Waals surface area contributed by atoms with Crippen molar-refractivity contribution in [2.45, 2.75) is 98.5 Å². The Bertz CT molecular complexity index is 330. The van der Waals surface area contributed by atoms with Gasteiger partial charge >= 0.3 is 0 Å². The van der Waals surface area contributed by atoms with E-state index in [1.165, 1.54) is 0 Å². The van der Waals surface area contributed by atoms with E-state index in [-0.39, 0.29) is 51.4 Å². The molecule has 0 unspecified atom stereocenters. The summed E-state index contributed by atoms with van der Waals surface area (Å²) in [6.07, 6.45) is 3.20. The zero-order chi connectivity index (χ0) is 17.1. The predicted molar refractivity (Wildman–Crippen MR) is 120 cm³/mol. The fourth-order valence-corrected chi connectivity index (χ4v) is 40.1. The molecule has 0 bridgehead atoms. The average molecular weight is 411 g/mol. The SMILES string of the molecule is C[Si](C)(C)[C]1([Si](C)(C)C)CC[C]([Si](C)(C)C)([Si](C)(C)C)[Al]1.[K]. The molecule has 1 saturated heterocycles. The molecular formula is C16H40AlKSi4. The molecule has 1 fully saturated rings. The molecule has 1 aliphatic rings. The number of hydrogen-bond donors (Lipinski definition) is 0. The predicted octanol–water partition coefficient (Wildman–Crippen LogP) is 5.93. The molecule has 0 aromatic heterocycles. The van der Waals surface area contributed by atoms with Crippen LogP contribution in [0.5, 0.6) is 0 Å². The third kappa shape index (κ3) is 4.13. The molecule has 1 aliphatic heterocycles. The molecule has 2 radical (unpaired) electrons. The van der Waals surface area contributed by atoms with Gasteiger partial charge in [0.05, 0.1) is 0 Å². The number of hydrogen-bond acceptors (Lipinski definition) is 0. The standard InChI is InChI=1S/C16H40Si4.Al.K/c1-17(2,3)15(18(4,5)6)13-14-16(19(7,8)9)20(10,11)12;;/h13-14H2,1-12H3;;.